The molecule has 3 aromatic rings. The standard InChI is InChI=1S/C21H25ClN6O3S/c1-12(10-24-27-23)9-15-13(2)16-17(32-15)18(26-19(22)25-16)28(11-14-7-6-8-30-14)20(29)31-21(3,4)5/h6-8,12H,9-11H2,1-5H3/t12-/m0/s1. The molecule has 3 rings (SSSR count). The monoisotopic (exact) mass is 476 g/mol. The maximum Gasteiger partial charge on any atom is 0.416 e. The zero-order valence-corrected chi connectivity index (χ0v) is 20.2. The molecular weight excluding hydrogens is 452 g/mol. The van der Waals surface area contributed by atoms with E-state index in [1.807, 2.05) is 13.8 Å². The fourth-order valence-corrected chi connectivity index (χ4v) is 4.70. The number of halogens is 1. The van der Waals surface area contributed by atoms with Gasteiger partial charge < -0.3 is 9.15 Å². The molecule has 0 aliphatic rings. The third-order valence-corrected chi connectivity index (χ3v) is 6.04. The molecule has 0 saturated heterocycles. The minimum atomic E-state index is -0.693. The fourth-order valence-electron chi connectivity index (χ4n) is 3.13. The normalized spacial score (nSPS) is 12.4. The SMILES string of the molecule is Cc1c(C[C@H](C)CN=[N+]=[N-])sc2c(N(Cc3ccco3)C(=O)OC(C)(C)C)nc(Cl)nc12. The highest BCUT2D eigenvalue weighted by Gasteiger charge is 2.29. The van der Waals surface area contributed by atoms with E-state index in [1.165, 1.54) is 16.2 Å². The first-order valence-electron chi connectivity index (χ1n) is 10.1. The largest absolute Gasteiger partial charge is 0.467 e. The summed E-state index contributed by atoms with van der Waals surface area (Å²) in [4.78, 5) is 27.3. The van der Waals surface area contributed by atoms with E-state index in [1.54, 1.807) is 39.2 Å². The topological polar surface area (TPSA) is 117 Å². The van der Waals surface area contributed by atoms with Crippen molar-refractivity contribution in [3.05, 3.63) is 50.3 Å². The summed E-state index contributed by atoms with van der Waals surface area (Å²) >= 11 is 7.77. The van der Waals surface area contributed by atoms with Crippen LogP contribution in [-0.2, 0) is 17.7 Å². The minimum Gasteiger partial charge on any atom is -0.467 e. The van der Waals surface area contributed by atoms with Gasteiger partial charge in [0.15, 0.2) is 5.82 Å². The molecule has 11 heteroatoms. The van der Waals surface area contributed by atoms with Crippen molar-refractivity contribution < 1.29 is 13.9 Å². The Kier molecular flexibility index (Phi) is 7.28. The van der Waals surface area contributed by atoms with E-state index in [-0.39, 0.29) is 17.7 Å². The Bertz CT molecular complexity index is 1150. The molecule has 3 heterocycles. The second-order valence-electron chi connectivity index (χ2n) is 8.51. The quantitative estimate of drug-likeness (QED) is 0.163. The average molecular weight is 477 g/mol. The number of nitrogens with zero attached hydrogens (tertiary/aromatic N) is 6. The molecule has 32 heavy (non-hydrogen) atoms. The van der Waals surface area contributed by atoms with Crippen LogP contribution in [0.4, 0.5) is 10.6 Å². The zero-order chi connectivity index (χ0) is 23.5. The van der Waals surface area contributed by atoms with Crippen LogP contribution in [0.15, 0.2) is 27.9 Å². The summed E-state index contributed by atoms with van der Waals surface area (Å²) in [5.74, 6) is 1.09. The number of hydrogen-bond donors (Lipinski definition) is 0. The van der Waals surface area contributed by atoms with Crippen LogP contribution in [0, 0.1) is 12.8 Å². The molecule has 0 unspecified atom stereocenters. The van der Waals surface area contributed by atoms with Crippen molar-refractivity contribution in [3.8, 4) is 0 Å². The summed E-state index contributed by atoms with van der Waals surface area (Å²) in [5, 5.41) is 3.70. The van der Waals surface area contributed by atoms with Gasteiger partial charge in [-0.3, -0.25) is 4.90 Å². The maximum absolute atomic E-state index is 13.1. The molecule has 0 aliphatic heterocycles. The van der Waals surface area contributed by atoms with E-state index < -0.39 is 11.7 Å². The van der Waals surface area contributed by atoms with E-state index in [0.717, 1.165) is 15.1 Å². The lowest BCUT2D eigenvalue weighted by molar-refractivity contribution is 0.0574. The predicted octanol–water partition coefficient (Wildman–Crippen LogP) is 6.68. The number of ether oxygens (including phenoxy) is 1. The van der Waals surface area contributed by atoms with Gasteiger partial charge in [0.2, 0.25) is 5.28 Å². The van der Waals surface area contributed by atoms with Gasteiger partial charge in [0, 0.05) is 16.3 Å². The minimum absolute atomic E-state index is 0.0371. The molecule has 3 aromatic heterocycles. The summed E-state index contributed by atoms with van der Waals surface area (Å²) in [6, 6.07) is 3.53. The van der Waals surface area contributed by atoms with Crippen LogP contribution in [0.3, 0.4) is 0 Å². The highest BCUT2D eigenvalue weighted by molar-refractivity contribution is 7.19. The van der Waals surface area contributed by atoms with E-state index in [0.29, 0.717) is 30.1 Å². The second-order valence-corrected chi connectivity index (χ2v) is 9.96. The van der Waals surface area contributed by atoms with Gasteiger partial charge >= 0.3 is 6.09 Å². The van der Waals surface area contributed by atoms with Crippen molar-refractivity contribution >= 4 is 45.1 Å². The molecule has 0 radical (unpaired) electrons. The molecule has 0 fully saturated rings. The Morgan fingerprint density at radius 2 is 2.19 bits per heavy atom. The van der Waals surface area contributed by atoms with Crippen LogP contribution >= 0.6 is 22.9 Å². The highest BCUT2D eigenvalue weighted by atomic mass is 35.5. The Labute approximate surface area is 195 Å². The first-order valence-corrected chi connectivity index (χ1v) is 11.3. The Morgan fingerprint density at radius 3 is 2.81 bits per heavy atom. The molecule has 1 amide bonds. The summed E-state index contributed by atoms with van der Waals surface area (Å²) in [6.45, 7) is 9.91. The smallest absolute Gasteiger partial charge is 0.416 e. The number of carbonyl (C=O) groups is 1. The first-order chi connectivity index (χ1) is 15.1. The van der Waals surface area contributed by atoms with Crippen LogP contribution in [0.2, 0.25) is 5.28 Å². The number of fused-ring (bicyclic) bond motifs is 1. The van der Waals surface area contributed by atoms with Crippen molar-refractivity contribution in [2.24, 2.45) is 11.0 Å². The summed E-state index contributed by atoms with van der Waals surface area (Å²) in [7, 11) is 0. The van der Waals surface area contributed by atoms with Gasteiger partial charge in [-0.2, -0.15) is 4.98 Å². The van der Waals surface area contributed by atoms with Gasteiger partial charge in [0.1, 0.15) is 11.4 Å². The number of furan rings is 1. The Balaban J connectivity index is 2.08. The molecule has 0 saturated carbocycles. The molecule has 0 aromatic carbocycles. The van der Waals surface area contributed by atoms with E-state index in [9.17, 15) is 4.79 Å². The number of anilines is 1. The summed E-state index contributed by atoms with van der Waals surface area (Å²) in [6.07, 6.45) is 1.69. The lowest BCUT2D eigenvalue weighted by Gasteiger charge is -2.26. The highest BCUT2D eigenvalue weighted by Crippen LogP contribution is 2.38. The number of carbonyl (C=O) groups excluding carboxylic acids is 1. The van der Waals surface area contributed by atoms with Gasteiger partial charge in [-0.1, -0.05) is 12.0 Å². The molecule has 0 spiro atoms. The van der Waals surface area contributed by atoms with Crippen LogP contribution in [0.25, 0.3) is 20.7 Å². The van der Waals surface area contributed by atoms with Crippen molar-refractivity contribution in [2.75, 3.05) is 11.4 Å². The predicted molar refractivity (Wildman–Crippen MR) is 125 cm³/mol. The first kappa shape index (κ1) is 23.8. The van der Waals surface area contributed by atoms with Gasteiger partial charge in [-0.25, -0.2) is 9.78 Å². The number of aromatic nitrogens is 2. The second kappa shape index (κ2) is 9.77. The van der Waals surface area contributed by atoms with Gasteiger partial charge in [0.05, 0.1) is 23.0 Å². The molecular formula is C21H25ClN6O3S. The van der Waals surface area contributed by atoms with Gasteiger partial charge in [0.25, 0.3) is 0 Å². The molecule has 0 bridgehead atoms. The molecule has 1 atom stereocenters. The molecule has 170 valence electrons. The van der Waals surface area contributed by atoms with Crippen LogP contribution in [0.1, 0.15) is 43.9 Å². The van der Waals surface area contributed by atoms with Crippen molar-refractivity contribution in [3.63, 3.8) is 0 Å². The number of amides is 1. The molecule has 0 aliphatic carbocycles. The van der Waals surface area contributed by atoms with Crippen molar-refractivity contribution in [1.29, 1.82) is 0 Å². The van der Waals surface area contributed by atoms with Gasteiger partial charge in [-0.15, -0.1) is 11.3 Å². The molecule has 9 nitrogen and oxygen atoms in total. The fraction of sp³-hybridized carbons (Fsp3) is 0.476. The third kappa shape index (κ3) is 5.70. The third-order valence-electron chi connectivity index (χ3n) is 4.57. The Morgan fingerprint density at radius 1 is 1.44 bits per heavy atom. The number of azide groups is 1. The lowest BCUT2D eigenvalue weighted by Crippen LogP contribution is -2.37. The average Bonchev–Trinajstić information content (AvgIpc) is 3.32. The molecule has 0 N–H and O–H groups in total. The Hall–Kier alpha value is -2.81. The van der Waals surface area contributed by atoms with Crippen LogP contribution in [-0.4, -0.2) is 28.2 Å². The van der Waals surface area contributed by atoms with Crippen LogP contribution in [0.5, 0.6) is 0 Å². The maximum atomic E-state index is 13.1. The number of rotatable bonds is 7. The summed E-state index contributed by atoms with van der Waals surface area (Å²) < 4.78 is 11.8. The number of thiophene rings is 1. The number of hydrogen-bond acceptors (Lipinski definition) is 7. The van der Waals surface area contributed by atoms with Crippen LogP contribution < -0.4 is 4.90 Å². The summed E-state index contributed by atoms with van der Waals surface area (Å²) in [5.41, 5.74) is 9.54. The van der Waals surface area contributed by atoms with E-state index in [2.05, 4.69) is 20.0 Å². The van der Waals surface area contributed by atoms with E-state index in [4.69, 9.17) is 26.3 Å². The van der Waals surface area contributed by atoms with Crippen molar-refractivity contribution in [2.45, 2.75) is 53.2 Å². The van der Waals surface area contributed by atoms with Gasteiger partial charge in [-0.05, 0) is 74.9 Å². The zero-order valence-electron chi connectivity index (χ0n) is 18.6. The number of aryl methyl sites for hydroxylation is 1. The van der Waals surface area contributed by atoms with E-state index >= 15 is 0 Å². The lowest BCUT2D eigenvalue weighted by atomic mass is 10.0. The van der Waals surface area contributed by atoms with Crippen molar-refractivity contribution in [1.82, 2.24) is 9.97 Å².